The predicted octanol–water partition coefficient (Wildman–Crippen LogP) is 2.98. The summed E-state index contributed by atoms with van der Waals surface area (Å²) < 4.78 is 25.5. The third kappa shape index (κ3) is 3.34. The molecule has 1 aromatic carbocycles. The van der Waals surface area contributed by atoms with Gasteiger partial charge in [0.1, 0.15) is 0 Å². The highest BCUT2D eigenvalue weighted by molar-refractivity contribution is 7.89. The van der Waals surface area contributed by atoms with E-state index in [1.54, 1.807) is 12.1 Å². The molecule has 0 N–H and O–H groups in total. The van der Waals surface area contributed by atoms with Crippen molar-refractivity contribution in [2.24, 2.45) is 10.8 Å². The lowest BCUT2D eigenvalue weighted by Crippen LogP contribution is -2.37. The number of amides is 1. The monoisotopic (exact) mass is 364 g/mol. The zero-order chi connectivity index (χ0) is 18.6. The molecule has 0 radical (unpaired) electrons. The van der Waals surface area contributed by atoms with Gasteiger partial charge in [-0.1, -0.05) is 20.8 Å². The zero-order valence-electron chi connectivity index (χ0n) is 15.7. The number of likely N-dealkylation sites (tertiary alicyclic amines) is 1. The number of hydrogen-bond acceptors (Lipinski definition) is 3. The fourth-order valence-corrected chi connectivity index (χ4v) is 5.75. The second kappa shape index (κ2) is 5.81. The van der Waals surface area contributed by atoms with Gasteiger partial charge in [0.2, 0.25) is 10.0 Å². The fourth-order valence-electron chi connectivity index (χ4n) is 4.84. The standard InChI is InChI=1S/C19H28N2O3S/c1-18(2)10-15-11-19(3,12-18)13-21(15)17(22)14-6-8-16(9-7-14)25(23,24)20(4)5/h6-9,15H,10-13H2,1-5H3. The van der Waals surface area contributed by atoms with Gasteiger partial charge in [0, 0.05) is 32.2 Å². The Morgan fingerprint density at radius 3 is 2.28 bits per heavy atom. The number of rotatable bonds is 3. The molecule has 138 valence electrons. The second-order valence-corrected chi connectivity index (χ2v) is 11.1. The van der Waals surface area contributed by atoms with E-state index in [0.717, 1.165) is 25.8 Å². The van der Waals surface area contributed by atoms with E-state index in [1.807, 2.05) is 4.90 Å². The number of carbonyl (C=O) groups excluding carboxylic acids is 1. The van der Waals surface area contributed by atoms with E-state index >= 15 is 0 Å². The number of fused-ring (bicyclic) bond motifs is 2. The molecule has 1 aliphatic heterocycles. The van der Waals surface area contributed by atoms with Crippen molar-refractivity contribution >= 4 is 15.9 Å². The van der Waals surface area contributed by atoms with Crippen molar-refractivity contribution in [1.29, 1.82) is 0 Å². The van der Waals surface area contributed by atoms with Crippen molar-refractivity contribution in [3.05, 3.63) is 29.8 Å². The molecule has 2 atom stereocenters. The van der Waals surface area contributed by atoms with Crippen LogP contribution in [-0.4, -0.2) is 50.2 Å². The molecule has 0 aromatic heterocycles. The van der Waals surface area contributed by atoms with Gasteiger partial charge in [-0.05, 0) is 54.4 Å². The summed E-state index contributed by atoms with van der Waals surface area (Å²) in [7, 11) is -0.467. The first kappa shape index (κ1) is 18.4. The van der Waals surface area contributed by atoms with Crippen LogP contribution < -0.4 is 0 Å². The number of nitrogens with zero attached hydrogens (tertiary/aromatic N) is 2. The molecular formula is C19H28N2O3S. The van der Waals surface area contributed by atoms with Crippen LogP contribution in [0.4, 0.5) is 0 Å². The minimum atomic E-state index is -3.47. The van der Waals surface area contributed by atoms with Crippen molar-refractivity contribution in [1.82, 2.24) is 9.21 Å². The topological polar surface area (TPSA) is 57.7 Å². The normalized spacial score (nSPS) is 28.4. The van der Waals surface area contributed by atoms with Crippen molar-refractivity contribution in [2.75, 3.05) is 20.6 Å². The Bertz CT molecular complexity index is 783. The minimum Gasteiger partial charge on any atom is -0.335 e. The van der Waals surface area contributed by atoms with Crippen molar-refractivity contribution < 1.29 is 13.2 Å². The van der Waals surface area contributed by atoms with Gasteiger partial charge < -0.3 is 4.90 Å². The number of sulfonamides is 1. The van der Waals surface area contributed by atoms with Crippen LogP contribution in [-0.2, 0) is 10.0 Å². The van der Waals surface area contributed by atoms with Crippen LogP contribution in [0.3, 0.4) is 0 Å². The summed E-state index contributed by atoms with van der Waals surface area (Å²) in [5.74, 6) is 0.0141. The lowest BCUT2D eigenvalue weighted by Gasteiger charge is -2.39. The Morgan fingerprint density at radius 2 is 1.72 bits per heavy atom. The van der Waals surface area contributed by atoms with E-state index < -0.39 is 10.0 Å². The lowest BCUT2D eigenvalue weighted by atomic mass is 9.65. The van der Waals surface area contributed by atoms with Crippen LogP contribution in [0.15, 0.2) is 29.2 Å². The summed E-state index contributed by atoms with van der Waals surface area (Å²) in [6.07, 6.45) is 3.23. The van der Waals surface area contributed by atoms with Gasteiger partial charge >= 0.3 is 0 Å². The zero-order valence-corrected chi connectivity index (χ0v) is 16.6. The third-order valence-corrected chi connectivity index (χ3v) is 7.38. The molecule has 2 bridgehead atoms. The fraction of sp³-hybridized carbons (Fsp3) is 0.632. The SMILES string of the molecule is CN(C)S(=O)(=O)c1ccc(C(=O)N2CC3(C)CC2CC(C)(C)C3)cc1. The predicted molar refractivity (Wildman–Crippen MR) is 97.9 cm³/mol. The molecule has 5 nitrogen and oxygen atoms in total. The summed E-state index contributed by atoms with van der Waals surface area (Å²) in [4.78, 5) is 15.2. The summed E-state index contributed by atoms with van der Waals surface area (Å²) in [5, 5.41) is 0. The van der Waals surface area contributed by atoms with Crippen LogP contribution >= 0.6 is 0 Å². The highest BCUT2D eigenvalue weighted by atomic mass is 32.2. The van der Waals surface area contributed by atoms with Gasteiger partial charge in [-0.3, -0.25) is 4.79 Å². The molecule has 1 saturated heterocycles. The smallest absolute Gasteiger partial charge is 0.254 e. The lowest BCUT2D eigenvalue weighted by molar-refractivity contribution is 0.0708. The summed E-state index contributed by atoms with van der Waals surface area (Å²) in [6.45, 7) is 7.64. The van der Waals surface area contributed by atoms with E-state index in [-0.39, 0.29) is 27.7 Å². The molecule has 1 heterocycles. The molecule has 1 aliphatic carbocycles. The van der Waals surface area contributed by atoms with Crippen molar-refractivity contribution in [3.8, 4) is 0 Å². The molecule has 6 heteroatoms. The van der Waals surface area contributed by atoms with Crippen LogP contribution in [0.1, 0.15) is 50.4 Å². The van der Waals surface area contributed by atoms with Crippen LogP contribution in [0, 0.1) is 10.8 Å². The highest BCUT2D eigenvalue weighted by Gasteiger charge is 2.51. The Morgan fingerprint density at radius 1 is 1.12 bits per heavy atom. The van der Waals surface area contributed by atoms with E-state index in [4.69, 9.17) is 0 Å². The Kier molecular flexibility index (Phi) is 4.27. The number of hydrogen-bond donors (Lipinski definition) is 0. The first-order chi connectivity index (χ1) is 11.4. The molecule has 2 aliphatic rings. The average Bonchev–Trinajstić information content (AvgIpc) is 2.75. The van der Waals surface area contributed by atoms with Crippen molar-refractivity contribution in [3.63, 3.8) is 0 Å². The molecule has 25 heavy (non-hydrogen) atoms. The minimum absolute atomic E-state index is 0.0141. The molecule has 1 aromatic rings. The number of benzene rings is 1. The van der Waals surface area contributed by atoms with Crippen molar-refractivity contribution in [2.45, 2.75) is 51.0 Å². The van der Waals surface area contributed by atoms with E-state index in [2.05, 4.69) is 20.8 Å². The summed E-state index contributed by atoms with van der Waals surface area (Å²) >= 11 is 0. The third-order valence-electron chi connectivity index (χ3n) is 5.56. The second-order valence-electron chi connectivity index (χ2n) is 8.96. The molecule has 2 fully saturated rings. The molecule has 1 amide bonds. The first-order valence-corrected chi connectivity index (χ1v) is 10.2. The molecule has 1 saturated carbocycles. The van der Waals surface area contributed by atoms with Gasteiger partial charge in [-0.15, -0.1) is 0 Å². The maximum absolute atomic E-state index is 13.0. The highest BCUT2D eigenvalue weighted by Crippen LogP contribution is 2.52. The van der Waals surface area contributed by atoms with Crippen LogP contribution in [0.5, 0.6) is 0 Å². The van der Waals surface area contributed by atoms with Gasteiger partial charge in [0.25, 0.3) is 5.91 Å². The Balaban J connectivity index is 1.83. The largest absolute Gasteiger partial charge is 0.335 e. The average molecular weight is 365 g/mol. The molecule has 3 rings (SSSR count). The first-order valence-electron chi connectivity index (χ1n) is 8.77. The van der Waals surface area contributed by atoms with E-state index in [9.17, 15) is 13.2 Å². The van der Waals surface area contributed by atoms with Crippen LogP contribution in [0.25, 0.3) is 0 Å². The van der Waals surface area contributed by atoms with Gasteiger partial charge in [-0.2, -0.15) is 0 Å². The summed E-state index contributed by atoms with van der Waals surface area (Å²) in [6, 6.07) is 6.60. The molecule has 0 spiro atoms. The van der Waals surface area contributed by atoms with E-state index in [1.165, 1.54) is 30.5 Å². The Hall–Kier alpha value is -1.40. The quantitative estimate of drug-likeness (QED) is 0.828. The van der Waals surface area contributed by atoms with Crippen LogP contribution in [0.2, 0.25) is 0 Å². The van der Waals surface area contributed by atoms with Gasteiger partial charge in [0.05, 0.1) is 4.90 Å². The summed E-state index contributed by atoms with van der Waals surface area (Å²) in [5.41, 5.74) is 1.01. The van der Waals surface area contributed by atoms with Gasteiger partial charge in [-0.25, -0.2) is 12.7 Å². The van der Waals surface area contributed by atoms with E-state index in [0.29, 0.717) is 5.56 Å². The van der Waals surface area contributed by atoms with Gasteiger partial charge in [0.15, 0.2) is 0 Å². The maximum atomic E-state index is 13.0. The molecule has 2 unspecified atom stereocenters. The Labute approximate surface area is 151 Å². The maximum Gasteiger partial charge on any atom is 0.254 e. The molecular weight excluding hydrogens is 336 g/mol. The number of carbonyl (C=O) groups is 1.